The summed E-state index contributed by atoms with van der Waals surface area (Å²) in [5.74, 6) is 0.494. The van der Waals surface area contributed by atoms with Gasteiger partial charge in [-0.25, -0.2) is 0 Å². The SMILES string of the molecule is O=[N+]([O-])c1ccc(OCCCCO)cc1Cl. The molecule has 5 nitrogen and oxygen atoms in total. The third-order valence-corrected chi connectivity index (χ3v) is 2.24. The van der Waals surface area contributed by atoms with Crippen molar-refractivity contribution >= 4 is 17.3 Å². The van der Waals surface area contributed by atoms with Gasteiger partial charge in [0.15, 0.2) is 0 Å². The number of nitro benzene ring substituents is 1. The summed E-state index contributed by atoms with van der Waals surface area (Å²) in [6.07, 6.45) is 1.39. The van der Waals surface area contributed by atoms with Crippen molar-refractivity contribution < 1.29 is 14.8 Å². The number of halogens is 1. The van der Waals surface area contributed by atoms with Crippen molar-refractivity contribution in [2.24, 2.45) is 0 Å². The second kappa shape index (κ2) is 6.30. The second-order valence-electron chi connectivity index (χ2n) is 3.15. The van der Waals surface area contributed by atoms with Gasteiger partial charge in [0.2, 0.25) is 0 Å². The van der Waals surface area contributed by atoms with Crippen LogP contribution < -0.4 is 4.74 Å². The molecule has 0 aromatic heterocycles. The van der Waals surface area contributed by atoms with Crippen LogP contribution in [0.15, 0.2) is 18.2 Å². The van der Waals surface area contributed by atoms with E-state index in [4.69, 9.17) is 21.4 Å². The quantitative estimate of drug-likeness (QED) is 0.475. The largest absolute Gasteiger partial charge is 0.494 e. The predicted octanol–water partition coefficient (Wildman–Crippen LogP) is 2.40. The van der Waals surface area contributed by atoms with Gasteiger partial charge in [-0.15, -0.1) is 0 Å². The summed E-state index contributed by atoms with van der Waals surface area (Å²) in [6.45, 7) is 0.582. The maximum atomic E-state index is 10.5. The van der Waals surface area contributed by atoms with Crippen LogP contribution in [0.5, 0.6) is 5.75 Å². The Labute approximate surface area is 97.8 Å². The van der Waals surface area contributed by atoms with Crippen LogP contribution in [0.3, 0.4) is 0 Å². The molecule has 0 radical (unpaired) electrons. The molecule has 16 heavy (non-hydrogen) atoms. The molecule has 0 unspecified atom stereocenters. The van der Waals surface area contributed by atoms with Crippen molar-refractivity contribution in [3.05, 3.63) is 33.3 Å². The molecule has 0 atom stereocenters. The van der Waals surface area contributed by atoms with E-state index >= 15 is 0 Å². The zero-order chi connectivity index (χ0) is 12.0. The number of aliphatic hydroxyl groups excluding tert-OH is 1. The summed E-state index contributed by atoms with van der Waals surface area (Å²) < 4.78 is 5.31. The van der Waals surface area contributed by atoms with Gasteiger partial charge in [0, 0.05) is 18.7 Å². The predicted molar refractivity (Wildman–Crippen MR) is 59.9 cm³/mol. The molecular weight excluding hydrogens is 234 g/mol. The van der Waals surface area contributed by atoms with Crippen LogP contribution in [0.25, 0.3) is 0 Å². The van der Waals surface area contributed by atoms with Crippen molar-refractivity contribution in [3.63, 3.8) is 0 Å². The Kier molecular flexibility index (Phi) is 5.01. The van der Waals surface area contributed by atoms with Gasteiger partial charge >= 0.3 is 0 Å². The molecule has 1 N–H and O–H groups in total. The van der Waals surface area contributed by atoms with Crippen molar-refractivity contribution in [1.82, 2.24) is 0 Å². The van der Waals surface area contributed by atoms with Gasteiger partial charge in [0.1, 0.15) is 10.8 Å². The summed E-state index contributed by atoms with van der Waals surface area (Å²) >= 11 is 5.70. The monoisotopic (exact) mass is 245 g/mol. The third kappa shape index (κ3) is 3.67. The number of hydrogen-bond acceptors (Lipinski definition) is 4. The van der Waals surface area contributed by atoms with E-state index in [9.17, 15) is 10.1 Å². The van der Waals surface area contributed by atoms with E-state index in [-0.39, 0.29) is 17.3 Å². The lowest BCUT2D eigenvalue weighted by Crippen LogP contribution is -1.99. The Morgan fingerprint density at radius 2 is 2.19 bits per heavy atom. The van der Waals surface area contributed by atoms with Gasteiger partial charge in [0.25, 0.3) is 5.69 Å². The summed E-state index contributed by atoms with van der Waals surface area (Å²) in [4.78, 5) is 9.94. The number of ether oxygens (including phenoxy) is 1. The van der Waals surface area contributed by atoms with Gasteiger partial charge in [-0.05, 0) is 18.9 Å². The van der Waals surface area contributed by atoms with Crippen LogP contribution in [0, 0.1) is 10.1 Å². The Balaban J connectivity index is 2.56. The smallest absolute Gasteiger partial charge is 0.288 e. The minimum absolute atomic E-state index is 0.0599. The minimum atomic E-state index is -0.544. The first-order valence-electron chi connectivity index (χ1n) is 4.82. The number of aliphatic hydroxyl groups is 1. The van der Waals surface area contributed by atoms with E-state index in [0.717, 1.165) is 6.42 Å². The Morgan fingerprint density at radius 1 is 1.44 bits per heavy atom. The van der Waals surface area contributed by atoms with E-state index < -0.39 is 4.92 Å². The van der Waals surface area contributed by atoms with Crippen molar-refractivity contribution in [2.45, 2.75) is 12.8 Å². The molecule has 1 rings (SSSR count). The Bertz CT molecular complexity index is 370. The number of unbranched alkanes of at least 4 members (excludes halogenated alkanes) is 1. The first kappa shape index (κ1) is 12.7. The van der Waals surface area contributed by atoms with Gasteiger partial charge in [-0.2, -0.15) is 0 Å². The molecule has 0 aliphatic rings. The number of nitrogens with zero attached hydrogens (tertiary/aromatic N) is 1. The Hall–Kier alpha value is -1.33. The maximum Gasteiger partial charge on any atom is 0.288 e. The van der Waals surface area contributed by atoms with Crippen LogP contribution in [-0.4, -0.2) is 23.2 Å². The number of rotatable bonds is 6. The van der Waals surface area contributed by atoms with Crippen LogP contribution in [-0.2, 0) is 0 Å². The molecule has 0 aliphatic carbocycles. The van der Waals surface area contributed by atoms with Gasteiger partial charge < -0.3 is 9.84 Å². The second-order valence-corrected chi connectivity index (χ2v) is 3.56. The van der Waals surface area contributed by atoms with Crippen LogP contribution in [0.4, 0.5) is 5.69 Å². The molecule has 88 valence electrons. The highest BCUT2D eigenvalue weighted by molar-refractivity contribution is 6.32. The summed E-state index contributed by atoms with van der Waals surface area (Å²) in [5.41, 5.74) is -0.135. The fourth-order valence-electron chi connectivity index (χ4n) is 1.13. The van der Waals surface area contributed by atoms with Crippen molar-refractivity contribution in [1.29, 1.82) is 0 Å². The first-order chi connectivity index (χ1) is 7.65. The molecule has 0 saturated carbocycles. The lowest BCUT2D eigenvalue weighted by molar-refractivity contribution is -0.384. The third-order valence-electron chi connectivity index (χ3n) is 1.94. The molecule has 0 amide bonds. The van der Waals surface area contributed by atoms with Gasteiger partial charge in [-0.1, -0.05) is 11.6 Å². The lowest BCUT2D eigenvalue weighted by Gasteiger charge is -2.05. The summed E-state index contributed by atoms with van der Waals surface area (Å²) in [7, 11) is 0. The van der Waals surface area contributed by atoms with E-state index in [1.807, 2.05) is 0 Å². The molecule has 1 aromatic rings. The normalized spacial score (nSPS) is 10.1. The molecule has 0 heterocycles. The fourth-order valence-corrected chi connectivity index (χ4v) is 1.37. The number of hydrogen-bond donors (Lipinski definition) is 1. The average Bonchev–Trinajstić information content (AvgIpc) is 2.24. The highest BCUT2D eigenvalue weighted by atomic mass is 35.5. The minimum Gasteiger partial charge on any atom is -0.494 e. The topological polar surface area (TPSA) is 72.6 Å². The van der Waals surface area contributed by atoms with Gasteiger partial charge in [-0.3, -0.25) is 10.1 Å². The molecule has 1 aromatic carbocycles. The summed E-state index contributed by atoms with van der Waals surface area (Å²) in [6, 6.07) is 4.23. The lowest BCUT2D eigenvalue weighted by atomic mass is 10.3. The molecule has 0 bridgehead atoms. The molecule has 0 saturated heterocycles. The fraction of sp³-hybridized carbons (Fsp3) is 0.400. The highest BCUT2D eigenvalue weighted by Gasteiger charge is 2.12. The van der Waals surface area contributed by atoms with E-state index in [0.29, 0.717) is 18.8 Å². The Morgan fingerprint density at radius 3 is 2.75 bits per heavy atom. The van der Waals surface area contributed by atoms with Crippen LogP contribution in [0.1, 0.15) is 12.8 Å². The van der Waals surface area contributed by atoms with Crippen molar-refractivity contribution in [3.8, 4) is 5.75 Å². The van der Waals surface area contributed by atoms with Gasteiger partial charge in [0.05, 0.1) is 11.5 Å². The first-order valence-corrected chi connectivity index (χ1v) is 5.20. The molecule has 0 spiro atoms. The summed E-state index contributed by atoms with van der Waals surface area (Å²) in [5, 5.41) is 19.1. The zero-order valence-corrected chi connectivity index (χ0v) is 9.31. The highest BCUT2D eigenvalue weighted by Crippen LogP contribution is 2.28. The number of nitro groups is 1. The van der Waals surface area contributed by atoms with Crippen molar-refractivity contribution in [2.75, 3.05) is 13.2 Å². The molecular formula is C10H12ClNO4. The molecule has 6 heteroatoms. The van der Waals surface area contributed by atoms with E-state index in [2.05, 4.69) is 0 Å². The maximum absolute atomic E-state index is 10.5. The molecule has 0 fully saturated rings. The standard InChI is InChI=1S/C10H12ClNO4/c11-9-7-8(16-6-2-1-5-13)3-4-10(9)12(14)15/h3-4,7,13H,1-2,5-6H2. The molecule has 0 aliphatic heterocycles. The van der Waals surface area contributed by atoms with Crippen LogP contribution >= 0.6 is 11.6 Å². The van der Waals surface area contributed by atoms with E-state index in [1.54, 1.807) is 0 Å². The van der Waals surface area contributed by atoms with Crippen LogP contribution in [0.2, 0.25) is 5.02 Å². The zero-order valence-electron chi connectivity index (χ0n) is 8.56. The van der Waals surface area contributed by atoms with E-state index in [1.165, 1.54) is 18.2 Å². The number of benzene rings is 1. The average molecular weight is 246 g/mol.